The van der Waals surface area contributed by atoms with Crippen molar-refractivity contribution in [1.82, 2.24) is 0 Å². The molecule has 0 aromatic heterocycles. The number of rotatable bonds is 7. The highest BCUT2D eigenvalue weighted by Crippen LogP contribution is 2.40. The standard InChI is InChI=1S/C13H18O5/c1-4-16-10-8-7-9(13(14)15)11(17-5-2)12(10)18-6-3/h7-8H,4-6H2,1-3H3,(H,14,15). The third kappa shape index (κ3) is 3.06. The Morgan fingerprint density at radius 2 is 1.56 bits per heavy atom. The quantitative estimate of drug-likeness (QED) is 0.810. The van der Waals surface area contributed by atoms with Gasteiger partial charge in [-0.2, -0.15) is 0 Å². The average molecular weight is 254 g/mol. The largest absolute Gasteiger partial charge is 0.490 e. The third-order valence-corrected chi connectivity index (χ3v) is 2.18. The fourth-order valence-electron chi connectivity index (χ4n) is 1.55. The van der Waals surface area contributed by atoms with E-state index in [2.05, 4.69) is 0 Å². The average Bonchev–Trinajstić information content (AvgIpc) is 2.33. The monoisotopic (exact) mass is 254 g/mol. The smallest absolute Gasteiger partial charge is 0.339 e. The van der Waals surface area contributed by atoms with Gasteiger partial charge in [0.15, 0.2) is 11.5 Å². The van der Waals surface area contributed by atoms with Gasteiger partial charge < -0.3 is 19.3 Å². The van der Waals surface area contributed by atoms with Crippen molar-refractivity contribution in [2.75, 3.05) is 19.8 Å². The van der Waals surface area contributed by atoms with E-state index in [1.165, 1.54) is 6.07 Å². The third-order valence-electron chi connectivity index (χ3n) is 2.18. The number of benzene rings is 1. The van der Waals surface area contributed by atoms with Crippen LogP contribution in [-0.2, 0) is 0 Å². The van der Waals surface area contributed by atoms with Gasteiger partial charge in [-0.1, -0.05) is 0 Å². The summed E-state index contributed by atoms with van der Waals surface area (Å²) >= 11 is 0. The van der Waals surface area contributed by atoms with E-state index in [1.54, 1.807) is 13.0 Å². The molecule has 0 heterocycles. The summed E-state index contributed by atoms with van der Waals surface area (Å²) in [7, 11) is 0. The number of ether oxygens (including phenoxy) is 3. The zero-order valence-electron chi connectivity index (χ0n) is 10.9. The van der Waals surface area contributed by atoms with Gasteiger partial charge in [-0.3, -0.25) is 0 Å². The van der Waals surface area contributed by atoms with Gasteiger partial charge in [0.1, 0.15) is 5.56 Å². The maximum Gasteiger partial charge on any atom is 0.339 e. The van der Waals surface area contributed by atoms with Crippen LogP contribution >= 0.6 is 0 Å². The van der Waals surface area contributed by atoms with Crippen LogP contribution in [-0.4, -0.2) is 30.9 Å². The van der Waals surface area contributed by atoms with Crippen LogP contribution in [0.2, 0.25) is 0 Å². The maximum atomic E-state index is 11.1. The molecule has 0 aliphatic rings. The first-order chi connectivity index (χ1) is 8.65. The summed E-state index contributed by atoms with van der Waals surface area (Å²) in [5.41, 5.74) is 0.0729. The van der Waals surface area contributed by atoms with E-state index >= 15 is 0 Å². The van der Waals surface area contributed by atoms with Crippen molar-refractivity contribution < 1.29 is 24.1 Å². The van der Waals surface area contributed by atoms with Crippen molar-refractivity contribution in [2.45, 2.75) is 20.8 Å². The summed E-state index contributed by atoms with van der Waals surface area (Å²) in [6.45, 7) is 6.69. The number of aromatic carboxylic acids is 1. The summed E-state index contributed by atoms with van der Waals surface area (Å²) in [5.74, 6) is 0.00847. The summed E-state index contributed by atoms with van der Waals surface area (Å²) in [4.78, 5) is 11.1. The molecule has 5 nitrogen and oxygen atoms in total. The Bertz CT molecular complexity index is 414. The predicted octanol–water partition coefficient (Wildman–Crippen LogP) is 2.58. The van der Waals surface area contributed by atoms with Gasteiger partial charge in [-0.05, 0) is 32.9 Å². The van der Waals surface area contributed by atoms with Crippen molar-refractivity contribution in [1.29, 1.82) is 0 Å². The molecule has 0 unspecified atom stereocenters. The van der Waals surface area contributed by atoms with Crippen LogP contribution in [0.25, 0.3) is 0 Å². The Kier molecular flexibility index (Phi) is 5.30. The fraction of sp³-hybridized carbons (Fsp3) is 0.462. The van der Waals surface area contributed by atoms with Crippen molar-refractivity contribution in [3.63, 3.8) is 0 Å². The van der Waals surface area contributed by atoms with Crippen LogP contribution < -0.4 is 14.2 Å². The minimum Gasteiger partial charge on any atom is -0.490 e. The van der Waals surface area contributed by atoms with E-state index < -0.39 is 5.97 Å². The SMILES string of the molecule is CCOc1ccc(C(=O)O)c(OCC)c1OCC. The number of hydrogen-bond acceptors (Lipinski definition) is 4. The molecule has 0 spiro atoms. The van der Waals surface area contributed by atoms with Gasteiger partial charge >= 0.3 is 5.97 Å². The Morgan fingerprint density at radius 3 is 2.06 bits per heavy atom. The van der Waals surface area contributed by atoms with Crippen molar-refractivity contribution in [2.24, 2.45) is 0 Å². The second-order valence-corrected chi connectivity index (χ2v) is 3.37. The number of carboxylic acid groups (broad SMARTS) is 1. The van der Waals surface area contributed by atoms with Crippen LogP contribution in [0.4, 0.5) is 0 Å². The molecule has 0 fully saturated rings. The van der Waals surface area contributed by atoms with Crippen molar-refractivity contribution >= 4 is 5.97 Å². The van der Waals surface area contributed by atoms with Crippen LogP contribution in [0.1, 0.15) is 31.1 Å². The van der Waals surface area contributed by atoms with E-state index in [0.29, 0.717) is 31.3 Å². The molecule has 0 atom stereocenters. The zero-order chi connectivity index (χ0) is 13.5. The Labute approximate surface area is 106 Å². The number of carbonyl (C=O) groups is 1. The lowest BCUT2D eigenvalue weighted by atomic mass is 10.1. The van der Waals surface area contributed by atoms with Gasteiger partial charge in [0.2, 0.25) is 5.75 Å². The lowest BCUT2D eigenvalue weighted by Crippen LogP contribution is -2.07. The highest BCUT2D eigenvalue weighted by atomic mass is 16.5. The molecule has 0 saturated heterocycles. The van der Waals surface area contributed by atoms with Crippen LogP contribution in [0.3, 0.4) is 0 Å². The normalized spacial score (nSPS) is 9.94. The van der Waals surface area contributed by atoms with Gasteiger partial charge in [-0.15, -0.1) is 0 Å². The zero-order valence-corrected chi connectivity index (χ0v) is 10.9. The van der Waals surface area contributed by atoms with E-state index in [9.17, 15) is 4.79 Å². The molecule has 0 amide bonds. The highest BCUT2D eigenvalue weighted by molar-refractivity contribution is 5.92. The second kappa shape index (κ2) is 6.74. The fourth-order valence-corrected chi connectivity index (χ4v) is 1.55. The van der Waals surface area contributed by atoms with Crippen molar-refractivity contribution in [3.05, 3.63) is 17.7 Å². The molecule has 0 bridgehead atoms. The minimum absolute atomic E-state index is 0.0729. The Hall–Kier alpha value is -1.91. The van der Waals surface area contributed by atoms with Crippen LogP contribution in [0.15, 0.2) is 12.1 Å². The molecular weight excluding hydrogens is 236 g/mol. The first-order valence-corrected chi connectivity index (χ1v) is 5.94. The molecule has 0 saturated carbocycles. The van der Waals surface area contributed by atoms with Gasteiger partial charge in [0.25, 0.3) is 0 Å². The number of hydrogen-bond donors (Lipinski definition) is 1. The van der Waals surface area contributed by atoms with Gasteiger partial charge in [-0.25, -0.2) is 4.79 Å². The molecule has 100 valence electrons. The Morgan fingerprint density at radius 1 is 1.00 bits per heavy atom. The summed E-state index contributed by atoms with van der Waals surface area (Å²) in [5, 5.41) is 9.13. The maximum absolute atomic E-state index is 11.1. The van der Waals surface area contributed by atoms with E-state index in [1.807, 2.05) is 13.8 Å². The summed E-state index contributed by atoms with van der Waals surface area (Å²) < 4.78 is 16.2. The number of carboxylic acids is 1. The van der Waals surface area contributed by atoms with E-state index in [4.69, 9.17) is 19.3 Å². The first kappa shape index (κ1) is 14.2. The van der Waals surface area contributed by atoms with Crippen molar-refractivity contribution in [3.8, 4) is 17.2 Å². The van der Waals surface area contributed by atoms with Gasteiger partial charge in [0, 0.05) is 0 Å². The lowest BCUT2D eigenvalue weighted by Gasteiger charge is -2.16. The van der Waals surface area contributed by atoms with E-state index in [-0.39, 0.29) is 11.3 Å². The van der Waals surface area contributed by atoms with E-state index in [0.717, 1.165) is 0 Å². The van der Waals surface area contributed by atoms with Crippen LogP contribution in [0.5, 0.6) is 17.2 Å². The molecule has 1 N–H and O–H groups in total. The molecule has 1 aromatic carbocycles. The highest BCUT2D eigenvalue weighted by Gasteiger charge is 2.21. The van der Waals surface area contributed by atoms with Gasteiger partial charge in [0.05, 0.1) is 19.8 Å². The topological polar surface area (TPSA) is 65.0 Å². The van der Waals surface area contributed by atoms with Crippen LogP contribution in [0, 0.1) is 0 Å². The lowest BCUT2D eigenvalue weighted by molar-refractivity contribution is 0.0691. The molecule has 18 heavy (non-hydrogen) atoms. The molecular formula is C13H18O5. The minimum atomic E-state index is -1.05. The molecule has 0 aliphatic carbocycles. The molecule has 0 aliphatic heterocycles. The summed E-state index contributed by atoms with van der Waals surface area (Å²) in [6, 6.07) is 3.04. The molecule has 0 radical (unpaired) electrons. The first-order valence-electron chi connectivity index (χ1n) is 5.94. The predicted molar refractivity (Wildman–Crippen MR) is 66.9 cm³/mol. The second-order valence-electron chi connectivity index (χ2n) is 3.37. The summed E-state index contributed by atoms with van der Waals surface area (Å²) in [6.07, 6.45) is 0. The molecule has 1 aromatic rings. The molecule has 1 rings (SSSR count). The Balaban J connectivity index is 3.33. The molecule has 5 heteroatoms.